The molecule has 136 valence electrons. The Hall–Kier alpha value is -3.52. The van der Waals surface area contributed by atoms with Crippen molar-refractivity contribution in [2.24, 2.45) is 7.05 Å². The van der Waals surface area contributed by atoms with Crippen LogP contribution in [0.4, 0.5) is 0 Å². The van der Waals surface area contributed by atoms with Crippen molar-refractivity contribution in [1.29, 1.82) is 0 Å². The SMILES string of the molecule is Cn1cc(-c2cnc3c(cnn3C(Cc3ccccc3)C(=O)NO)c2)cn1. The van der Waals surface area contributed by atoms with Crippen LogP contribution in [0.5, 0.6) is 0 Å². The van der Waals surface area contributed by atoms with E-state index in [0.717, 1.165) is 22.1 Å². The molecular formula is C19H18N6O2. The van der Waals surface area contributed by atoms with Crippen molar-refractivity contribution in [2.75, 3.05) is 0 Å². The molecular weight excluding hydrogens is 344 g/mol. The molecule has 1 atom stereocenters. The Morgan fingerprint density at radius 3 is 2.67 bits per heavy atom. The zero-order chi connectivity index (χ0) is 18.8. The van der Waals surface area contributed by atoms with Crippen LogP contribution in [0.3, 0.4) is 0 Å². The van der Waals surface area contributed by atoms with Crippen molar-refractivity contribution in [3.05, 3.63) is 66.7 Å². The van der Waals surface area contributed by atoms with E-state index in [4.69, 9.17) is 0 Å². The maximum Gasteiger partial charge on any atom is 0.268 e. The third-order valence-corrected chi connectivity index (χ3v) is 4.45. The van der Waals surface area contributed by atoms with Gasteiger partial charge < -0.3 is 0 Å². The highest BCUT2D eigenvalue weighted by molar-refractivity contribution is 5.84. The fourth-order valence-corrected chi connectivity index (χ4v) is 3.10. The topological polar surface area (TPSA) is 97.9 Å². The van der Waals surface area contributed by atoms with Crippen LogP contribution in [0, 0.1) is 0 Å². The van der Waals surface area contributed by atoms with Gasteiger partial charge in [0.2, 0.25) is 0 Å². The molecule has 0 fully saturated rings. The predicted molar refractivity (Wildman–Crippen MR) is 98.8 cm³/mol. The first kappa shape index (κ1) is 16.9. The molecule has 0 bridgehead atoms. The van der Waals surface area contributed by atoms with Crippen LogP contribution in [-0.4, -0.2) is 35.7 Å². The summed E-state index contributed by atoms with van der Waals surface area (Å²) in [6.07, 6.45) is 7.46. The molecule has 8 heteroatoms. The highest BCUT2D eigenvalue weighted by Gasteiger charge is 2.24. The number of pyridine rings is 1. The van der Waals surface area contributed by atoms with Crippen LogP contribution in [0.2, 0.25) is 0 Å². The molecule has 0 radical (unpaired) electrons. The normalized spacial score (nSPS) is 12.2. The number of rotatable bonds is 5. The minimum Gasteiger partial charge on any atom is -0.289 e. The van der Waals surface area contributed by atoms with Crippen molar-refractivity contribution >= 4 is 16.9 Å². The average Bonchev–Trinajstić information content (AvgIpc) is 3.32. The van der Waals surface area contributed by atoms with Gasteiger partial charge in [-0.05, 0) is 11.6 Å². The standard InChI is InChI=1S/C19H18N6O2/c1-24-12-16(11-21-24)14-8-15-10-22-25(18(15)20-9-14)17(19(26)23-27)7-13-5-3-2-4-6-13/h2-6,8-12,17,27H,7H2,1H3,(H,23,26). The Kier molecular flexibility index (Phi) is 4.39. The zero-order valence-electron chi connectivity index (χ0n) is 14.6. The van der Waals surface area contributed by atoms with Crippen molar-refractivity contribution < 1.29 is 10.0 Å². The fourth-order valence-electron chi connectivity index (χ4n) is 3.10. The number of nitrogens with zero attached hydrogens (tertiary/aromatic N) is 5. The number of amides is 1. The van der Waals surface area contributed by atoms with Crippen molar-refractivity contribution in [3.8, 4) is 11.1 Å². The van der Waals surface area contributed by atoms with Crippen molar-refractivity contribution in [2.45, 2.75) is 12.5 Å². The first-order valence-electron chi connectivity index (χ1n) is 8.46. The second kappa shape index (κ2) is 7.00. The third-order valence-electron chi connectivity index (χ3n) is 4.45. The Morgan fingerprint density at radius 2 is 1.96 bits per heavy atom. The van der Waals surface area contributed by atoms with Gasteiger partial charge in [0.05, 0.1) is 12.4 Å². The lowest BCUT2D eigenvalue weighted by Gasteiger charge is -2.16. The van der Waals surface area contributed by atoms with Gasteiger partial charge in [-0.25, -0.2) is 15.1 Å². The number of carbonyl (C=O) groups is 1. The van der Waals surface area contributed by atoms with Crippen LogP contribution >= 0.6 is 0 Å². The largest absolute Gasteiger partial charge is 0.289 e. The van der Waals surface area contributed by atoms with E-state index >= 15 is 0 Å². The summed E-state index contributed by atoms with van der Waals surface area (Å²) in [5, 5.41) is 18.5. The lowest BCUT2D eigenvalue weighted by atomic mass is 10.1. The summed E-state index contributed by atoms with van der Waals surface area (Å²) >= 11 is 0. The molecule has 4 rings (SSSR count). The first-order chi connectivity index (χ1) is 13.2. The molecule has 27 heavy (non-hydrogen) atoms. The molecule has 0 saturated carbocycles. The molecule has 3 aromatic heterocycles. The monoisotopic (exact) mass is 362 g/mol. The summed E-state index contributed by atoms with van der Waals surface area (Å²) < 4.78 is 3.27. The van der Waals surface area contributed by atoms with Gasteiger partial charge in [0.1, 0.15) is 6.04 Å². The predicted octanol–water partition coefficient (Wildman–Crippen LogP) is 2.12. The zero-order valence-corrected chi connectivity index (χ0v) is 14.6. The average molecular weight is 362 g/mol. The van der Waals surface area contributed by atoms with Crippen molar-refractivity contribution in [1.82, 2.24) is 30.0 Å². The van der Waals surface area contributed by atoms with Crippen LogP contribution in [0.15, 0.2) is 61.2 Å². The second-order valence-electron chi connectivity index (χ2n) is 6.31. The molecule has 0 saturated heterocycles. The molecule has 8 nitrogen and oxygen atoms in total. The van der Waals surface area contributed by atoms with Crippen LogP contribution in [-0.2, 0) is 18.3 Å². The number of aryl methyl sites for hydroxylation is 1. The van der Waals surface area contributed by atoms with Crippen molar-refractivity contribution in [3.63, 3.8) is 0 Å². The second-order valence-corrected chi connectivity index (χ2v) is 6.31. The summed E-state index contributed by atoms with van der Waals surface area (Å²) in [5.41, 5.74) is 5.15. The highest BCUT2D eigenvalue weighted by atomic mass is 16.5. The number of hydrogen-bond acceptors (Lipinski definition) is 5. The van der Waals surface area contributed by atoms with Gasteiger partial charge >= 0.3 is 0 Å². The summed E-state index contributed by atoms with van der Waals surface area (Å²) in [6.45, 7) is 0. The van der Waals surface area contributed by atoms with Gasteiger partial charge in [-0.1, -0.05) is 30.3 Å². The van der Waals surface area contributed by atoms with Gasteiger partial charge in [-0.15, -0.1) is 0 Å². The third kappa shape index (κ3) is 3.30. The van der Waals surface area contributed by atoms with E-state index in [2.05, 4.69) is 15.2 Å². The lowest BCUT2D eigenvalue weighted by Crippen LogP contribution is -2.32. The van der Waals surface area contributed by atoms with Gasteiger partial charge in [-0.3, -0.25) is 14.7 Å². The van der Waals surface area contributed by atoms with Gasteiger partial charge in [0.15, 0.2) is 5.65 Å². The molecule has 2 N–H and O–H groups in total. The highest BCUT2D eigenvalue weighted by Crippen LogP contribution is 2.25. The molecule has 3 heterocycles. The fraction of sp³-hybridized carbons (Fsp3) is 0.158. The van der Waals surface area contributed by atoms with E-state index in [0.29, 0.717) is 12.1 Å². The summed E-state index contributed by atoms with van der Waals surface area (Å²) in [6, 6.07) is 10.8. The Morgan fingerprint density at radius 1 is 1.15 bits per heavy atom. The molecule has 1 amide bonds. The summed E-state index contributed by atoms with van der Waals surface area (Å²) in [7, 11) is 1.86. The number of aromatic nitrogens is 5. The molecule has 0 aliphatic carbocycles. The molecule has 1 unspecified atom stereocenters. The van der Waals surface area contributed by atoms with E-state index in [-0.39, 0.29) is 0 Å². The van der Waals surface area contributed by atoms with Crippen LogP contribution in [0.1, 0.15) is 11.6 Å². The number of hydroxylamine groups is 1. The number of nitrogens with one attached hydrogen (secondary N) is 1. The minimum atomic E-state index is -0.716. The maximum absolute atomic E-state index is 12.3. The number of carbonyl (C=O) groups excluding carboxylic acids is 1. The van der Waals surface area contributed by atoms with Gasteiger partial charge in [-0.2, -0.15) is 10.2 Å². The Labute approximate surface area is 155 Å². The van der Waals surface area contributed by atoms with Gasteiger partial charge in [0, 0.05) is 42.4 Å². The van der Waals surface area contributed by atoms with E-state index in [9.17, 15) is 10.0 Å². The van der Waals surface area contributed by atoms with E-state index in [1.54, 1.807) is 33.4 Å². The number of fused-ring (bicyclic) bond motifs is 1. The van der Waals surface area contributed by atoms with Gasteiger partial charge in [0.25, 0.3) is 5.91 Å². The first-order valence-corrected chi connectivity index (χ1v) is 8.46. The van der Waals surface area contributed by atoms with E-state index < -0.39 is 11.9 Å². The smallest absolute Gasteiger partial charge is 0.268 e. The van der Waals surface area contributed by atoms with E-state index in [1.807, 2.05) is 49.6 Å². The summed E-state index contributed by atoms with van der Waals surface area (Å²) in [5.74, 6) is -0.540. The molecule has 0 aliphatic heterocycles. The molecule has 4 aromatic rings. The van der Waals surface area contributed by atoms with Crippen LogP contribution < -0.4 is 5.48 Å². The lowest BCUT2D eigenvalue weighted by molar-refractivity contribution is -0.132. The molecule has 0 spiro atoms. The van der Waals surface area contributed by atoms with Crippen LogP contribution in [0.25, 0.3) is 22.2 Å². The maximum atomic E-state index is 12.3. The Bertz CT molecular complexity index is 1090. The number of hydrogen-bond donors (Lipinski definition) is 2. The summed E-state index contributed by atoms with van der Waals surface area (Å²) in [4.78, 5) is 16.8. The molecule has 1 aromatic carbocycles. The Balaban J connectivity index is 1.73. The minimum absolute atomic E-state index is 0.385. The number of benzene rings is 1. The molecule has 0 aliphatic rings. The quantitative estimate of drug-likeness (QED) is 0.419. The van der Waals surface area contributed by atoms with E-state index in [1.165, 1.54) is 0 Å².